The molecule has 2 N–H and O–H groups in total. The summed E-state index contributed by atoms with van der Waals surface area (Å²) in [5.41, 5.74) is 0. The predicted molar refractivity (Wildman–Crippen MR) is 56.7 cm³/mol. The van der Waals surface area contributed by atoms with Crippen LogP contribution >= 0.6 is 0 Å². The standard InChI is InChI=1S/C8H14N2O6S/c1-5(11)9-3-7-6(10-8(12)16-7)4-15-17(2,13)14/h6-7H,3-4H2,1-2H3,(H,9,11)(H,10,12). The van der Waals surface area contributed by atoms with E-state index in [1.165, 1.54) is 6.92 Å². The van der Waals surface area contributed by atoms with Gasteiger partial charge in [-0.2, -0.15) is 8.42 Å². The Bertz CT molecular complexity index is 406. The van der Waals surface area contributed by atoms with Gasteiger partial charge in [0.05, 0.1) is 25.4 Å². The van der Waals surface area contributed by atoms with E-state index >= 15 is 0 Å². The fraction of sp³-hybridized carbons (Fsp3) is 0.750. The number of alkyl carbamates (subject to hydrolysis) is 1. The van der Waals surface area contributed by atoms with Crippen LogP contribution in [0.4, 0.5) is 4.79 Å². The normalized spacial score (nSPS) is 24.0. The molecule has 0 spiro atoms. The van der Waals surface area contributed by atoms with Crippen LogP contribution in [0.5, 0.6) is 0 Å². The minimum atomic E-state index is -3.58. The second-order valence-corrected chi connectivity index (χ2v) is 5.26. The van der Waals surface area contributed by atoms with Gasteiger partial charge in [-0.1, -0.05) is 0 Å². The second kappa shape index (κ2) is 5.32. The lowest BCUT2D eigenvalue weighted by molar-refractivity contribution is -0.119. The summed E-state index contributed by atoms with van der Waals surface area (Å²) < 4.78 is 31.0. The molecule has 2 unspecified atom stereocenters. The molecule has 17 heavy (non-hydrogen) atoms. The average Bonchev–Trinajstić information content (AvgIpc) is 2.52. The zero-order valence-corrected chi connectivity index (χ0v) is 10.2. The topological polar surface area (TPSA) is 111 Å². The third-order valence-electron chi connectivity index (χ3n) is 2.02. The highest BCUT2D eigenvalue weighted by Gasteiger charge is 2.34. The molecule has 9 heteroatoms. The molecule has 0 saturated carbocycles. The highest BCUT2D eigenvalue weighted by molar-refractivity contribution is 7.85. The van der Waals surface area contributed by atoms with Gasteiger partial charge in [0.25, 0.3) is 10.1 Å². The van der Waals surface area contributed by atoms with Crippen LogP contribution in [0, 0.1) is 0 Å². The molecule has 2 amide bonds. The van der Waals surface area contributed by atoms with Gasteiger partial charge in [0, 0.05) is 6.92 Å². The summed E-state index contributed by atoms with van der Waals surface area (Å²) in [6.45, 7) is 1.20. The number of rotatable bonds is 5. The Hall–Kier alpha value is -1.35. The smallest absolute Gasteiger partial charge is 0.407 e. The van der Waals surface area contributed by atoms with Gasteiger partial charge in [-0.05, 0) is 0 Å². The fourth-order valence-electron chi connectivity index (χ4n) is 1.27. The van der Waals surface area contributed by atoms with Crippen molar-refractivity contribution < 1.29 is 26.9 Å². The molecule has 1 heterocycles. The van der Waals surface area contributed by atoms with Gasteiger partial charge in [0.1, 0.15) is 6.10 Å². The molecule has 98 valence electrons. The van der Waals surface area contributed by atoms with E-state index in [1.54, 1.807) is 0 Å². The summed E-state index contributed by atoms with van der Waals surface area (Å²) in [6, 6.07) is -0.607. The van der Waals surface area contributed by atoms with Crippen molar-refractivity contribution in [2.24, 2.45) is 0 Å². The molecule has 1 rings (SSSR count). The van der Waals surface area contributed by atoms with Gasteiger partial charge >= 0.3 is 6.09 Å². The molecule has 1 fully saturated rings. The SMILES string of the molecule is CC(=O)NCC1OC(=O)NC1COS(C)(=O)=O. The van der Waals surface area contributed by atoms with E-state index in [9.17, 15) is 18.0 Å². The molecule has 1 aliphatic heterocycles. The monoisotopic (exact) mass is 266 g/mol. The molecule has 0 aromatic heterocycles. The van der Waals surface area contributed by atoms with Crippen LogP contribution in [-0.2, 0) is 23.8 Å². The number of nitrogens with one attached hydrogen (secondary N) is 2. The van der Waals surface area contributed by atoms with Crippen LogP contribution in [0.2, 0.25) is 0 Å². The Morgan fingerprint density at radius 3 is 2.76 bits per heavy atom. The number of carbonyl (C=O) groups excluding carboxylic acids is 2. The van der Waals surface area contributed by atoms with E-state index in [2.05, 4.69) is 14.8 Å². The van der Waals surface area contributed by atoms with Crippen molar-refractivity contribution in [3.05, 3.63) is 0 Å². The minimum Gasteiger partial charge on any atom is -0.442 e. The van der Waals surface area contributed by atoms with E-state index in [0.717, 1.165) is 6.26 Å². The molecule has 0 aromatic rings. The summed E-state index contributed by atoms with van der Waals surface area (Å²) in [6.07, 6.45) is -0.399. The first-order valence-electron chi connectivity index (χ1n) is 4.84. The van der Waals surface area contributed by atoms with Crippen molar-refractivity contribution in [2.75, 3.05) is 19.4 Å². The Morgan fingerprint density at radius 2 is 2.24 bits per heavy atom. The van der Waals surface area contributed by atoms with Crippen LogP contribution < -0.4 is 10.6 Å². The van der Waals surface area contributed by atoms with E-state index in [1.807, 2.05) is 0 Å². The number of hydrogen-bond donors (Lipinski definition) is 2. The number of cyclic esters (lactones) is 1. The molecule has 1 aliphatic rings. The zero-order chi connectivity index (χ0) is 13.1. The second-order valence-electron chi connectivity index (χ2n) is 3.62. The van der Waals surface area contributed by atoms with E-state index in [-0.39, 0.29) is 19.1 Å². The van der Waals surface area contributed by atoms with Crippen LogP contribution in [0.15, 0.2) is 0 Å². The van der Waals surface area contributed by atoms with E-state index in [0.29, 0.717) is 0 Å². The van der Waals surface area contributed by atoms with Crippen LogP contribution in [0.1, 0.15) is 6.92 Å². The highest BCUT2D eigenvalue weighted by atomic mass is 32.2. The third-order valence-corrected chi connectivity index (χ3v) is 2.59. The number of hydrogen-bond acceptors (Lipinski definition) is 6. The average molecular weight is 266 g/mol. The maximum Gasteiger partial charge on any atom is 0.407 e. The number of amides is 2. The molecule has 0 aromatic carbocycles. The number of carbonyl (C=O) groups is 2. The van der Waals surface area contributed by atoms with Gasteiger partial charge < -0.3 is 15.4 Å². The quantitative estimate of drug-likeness (QED) is 0.591. The first-order valence-corrected chi connectivity index (χ1v) is 6.65. The molecule has 2 atom stereocenters. The Balaban J connectivity index is 2.50. The molecule has 1 saturated heterocycles. The summed E-state index contributed by atoms with van der Waals surface area (Å²) in [5.74, 6) is -0.268. The summed E-state index contributed by atoms with van der Waals surface area (Å²) in [4.78, 5) is 21.7. The van der Waals surface area contributed by atoms with Crippen molar-refractivity contribution in [1.29, 1.82) is 0 Å². The zero-order valence-electron chi connectivity index (χ0n) is 9.43. The molecule has 8 nitrogen and oxygen atoms in total. The van der Waals surface area contributed by atoms with Crippen molar-refractivity contribution in [1.82, 2.24) is 10.6 Å². The minimum absolute atomic E-state index is 0.103. The van der Waals surface area contributed by atoms with Crippen LogP contribution in [0.25, 0.3) is 0 Å². The summed E-state index contributed by atoms with van der Waals surface area (Å²) in [5, 5.41) is 4.87. The molecular formula is C8H14N2O6S. The lowest BCUT2D eigenvalue weighted by Crippen LogP contribution is -2.42. The Labute approximate surface area is 98.8 Å². The summed E-state index contributed by atoms with van der Waals surface area (Å²) >= 11 is 0. The van der Waals surface area contributed by atoms with Crippen molar-refractivity contribution in [3.8, 4) is 0 Å². The first kappa shape index (κ1) is 13.7. The lowest BCUT2D eigenvalue weighted by atomic mass is 10.2. The van der Waals surface area contributed by atoms with Crippen molar-refractivity contribution >= 4 is 22.1 Å². The van der Waals surface area contributed by atoms with Crippen molar-refractivity contribution in [3.63, 3.8) is 0 Å². The molecule has 0 aliphatic carbocycles. The van der Waals surface area contributed by atoms with Crippen LogP contribution in [-0.4, -0.2) is 52.0 Å². The van der Waals surface area contributed by atoms with Crippen LogP contribution in [0.3, 0.4) is 0 Å². The Kier molecular flexibility index (Phi) is 4.29. The molecule has 0 bridgehead atoms. The van der Waals surface area contributed by atoms with Crippen molar-refractivity contribution in [2.45, 2.75) is 19.1 Å². The number of ether oxygens (including phenoxy) is 1. The molecule has 0 radical (unpaired) electrons. The first-order chi connectivity index (χ1) is 7.78. The van der Waals surface area contributed by atoms with Gasteiger partial charge in [0.2, 0.25) is 5.91 Å². The molecular weight excluding hydrogens is 252 g/mol. The maximum atomic E-state index is 11.0. The van der Waals surface area contributed by atoms with E-state index < -0.39 is 28.4 Å². The lowest BCUT2D eigenvalue weighted by Gasteiger charge is -2.16. The largest absolute Gasteiger partial charge is 0.442 e. The van der Waals surface area contributed by atoms with E-state index in [4.69, 9.17) is 4.74 Å². The highest BCUT2D eigenvalue weighted by Crippen LogP contribution is 2.09. The van der Waals surface area contributed by atoms with Gasteiger partial charge in [-0.25, -0.2) is 4.79 Å². The fourth-order valence-corrected chi connectivity index (χ4v) is 1.67. The van der Waals surface area contributed by atoms with Gasteiger partial charge in [0.15, 0.2) is 0 Å². The van der Waals surface area contributed by atoms with Gasteiger partial charge in [-0.3, -0.25) is 8.98 Å². The Morgan fingerprint density at radius 1 is 1.59 bits per heavy atom. The maximum absolute atomic E-state index is 11.0. The summed E-state index contributed by atoms with van der Waals surface area (Å²) in [7, 11) is -3.58. The van der Waals surface area contributed by atoms with Gasteiger partial charge in [-0.15, -0.1) is 0 Å². The predicted octanol–water partition coefficient (Wildman–Crippen LogP) is -1.42. The third kappa shape index (κ3) is 5.00.